The highest BCUT2D eigenvalue weighted by molar-refractivity contribution is 14.0. The second-order valence-electron chi connectivity index (χ2n) is 7.91. The van der Waals surface area contributed by atoms with Crippen LogP contribution in [0.15, 0.2) is 71.9 Å². The molecule has 1 fully saturated rings. The van der Waals surface area contributed by atoms with E-state index in [0.717, 1.165) is 47.1 Å². The first-order valence-corrected chi connectivity index (χ1v) is 11.0. The molecule has 174 valence electrons. The molecule has 0 spiro atoms. The van der Waals surface area contributed by atoms with Gasteiger partial charge >= 0.3 is 0 Å². The molecule has 0 radical (unpaired) electrons. The molecule has 0 amide bonds. The second kappa shape index (κ2) is 12.6. The zero-order chi connectivity index (χ0) is 22.2. The van der Waals surface area contributed by atoms with E-state index in [9.17, 15) is 0 Å². The van der Waals surface area contributed by atoms with Crippen LogP contribution in [-0.2, 0) is 17.8 Å². The van der Waals surface area contributed by atoms with Crippen LogP contribution < -0.4 is 15.4 Å². The molecular formula is C26H31IN4O2. The maximum atomic E-state index is 6.21. The average Bonchev–Trinajstić information content (AvgIpc) is 3.34. The van der Waals surface area contributed by atoms with Crippen molar-refractivity contribution in [2.24, 2.45) is 4.99 Å². The summed E-state index contributed by atoms with van der Waals surface area (Å²) in [7, 11) is 1.78. The average molecular weight is 558 g/mol. The Kier molecular flexibility index (Phi) is 9.50. The van der Waals surface area contributed by atoms with Gasteiger partial charge in [-0.15, -0.1) is 24.0 Å². The summed E-state index contributed by atoms with van der Waals surface area (Å²) in [6.45, 7) is 4.78. The van der Waals surface area contributed by atoms with E-state index < -0.39 is 0 Å². The minimum atomic E-state index is 0. The summed E-state index contributed by atoms with van der Waals surface area (Å²) in [4.78, 5) is 8.81. The number of nitrogens with zero attached hydrogens (tertiary/aromatic N) is 2. The minimum absolute atomic E-state index is 0. The highest BCUT2D eigenvalue weighted by Gasteiger charge is 2.18. The molecule has 1 aromatic heterocycles. The lowest BCUT2D eigenvalue weighted by molar-refractivity contribution is 0.140. The summed E-state index contributed by atoms with van der Waals surface area (Å²) in [6.07, 6.45) is 2.87. The van der Waals surface area contributed by atoms with Gasteiger partial charge in [-0.3, -0.25) is 9.98 Å². The molecule has 0 saturated carbocycles. The van der Waals surface area contributed by atoms with Crippen LogP contribution in [0.25, 0.3) is 11.3 Å². The molecule has 0 bridgehead atoms. The number of aliphatic imine (C=N–C) groups is 1. The second-order valence-corrected chi connectivity index (χ2v) is 7.91. The van der Waals surface area contributed by atoms with Crippen LogP contribution in [0, 0.1) is 6.92 Å². The van der Waals surface area contributed by atoms with E-state index in [2.05, 4.69) is 70.0 Å². The molecule has 1 atom stereocenters. The van der Waals surface area contributed by atoms with Gasteiger partial charge in [0.25, 0.3) is 0 Å². The zero-order valence-electron chi connectivity index (χ0n) is 19.1. The number of aromatic nitrogens is 1. The smallest absolute Gasteiger partial charge is 0.191 e. The Morgan fingerprint density at radius 1 is 1.09 bits per heavy atom. The van der Waals surface area contributed by atoms with E-state index in [1.54, 1.807) is 7.05 Å². The third kappa shape index (κ3) is 7.17. The Balaban J connectivity index is 0.00000306. The molecule has 7 heteroatoms. The third-order valence-electron chi connectivity index (χ3n) is 5.42. The number of rotatable bonds is 7. The van der Waals surface area contributed by atoms with Gasteiger partial charge < -0.3 is 20.1 Å². The number of halogens is 1. The SMILES string of the molecule is CN=C(NCc1cccc(-c2ccccn2)c1)NCc1ccc(C)cc1OC1CCOC1.I. The van der Waals surface area contributed by atoms with Crippen molar-refractivity contribution in [3.63, 3.8) is 0 Å². The molecular weight excluding hydrogens is 527 g/mol. The van der Waals surface area contributed by atoms with Gasteiger partial charge in [0.05, 0.1) is 18.9 Å². The van der Waals surface area contributed by atoms with Gasteiger partial charge in [-0.2, -0.15) is 0 Å². The Labute approximate surface area is 212 Å². The number of guanidine groups is 1. The first kappa shape index (κ1) is 25.0. The van der Waals surface area contributed by atoms with E-state index in [4.69, 9.17) is 9.47 Å². The Bertz CT molecular complexity index is 1050. The van der Waals surface area contributed by atoms with E-state index >= 15 is 0 Å². The fourth-order valence-electron chi connectivity index (χ4n) is 3.66. The molecule has 33 heavy (non-hydrogen) atoms. The number of hydrogen-bond acceptors (Lipinski definition) is 4. The van der Waals surface area contributed by atoms with Crippen molar-refractivity contribution in [2.75, 3.05) is 20.3 Å². The van der Waals surface area contributed by atoms with E-state index in [-0.39, 0.29) is 30.1 Å². The highest BCUT2D eigenvalue weighted by Crippen LogP contribution is 2.24. The van der Waals surface area contributed by atoms with Crippen molar-refractivity contribution >= 4 is 29.9 Å². The maximum Gasteiger partial charge on any atom is 0.191 e. The van der Waals surface area contributed by atoms with Crippen LogP contribution >= 0.6 is 24.0 Å². The molecule has 2 heterocycles. The lowest BCUT2D eigenvalue weighted by Crippen LogP contribution is -2.36. The first-order valence-electron chi connectivity index (χ1n) is 11.0. The highest BCUT2D eigenvalue weighted by atomic mass is 127. The number of pyridine rings is 1. The van der Waals surface area contributed by atoms with Crippen molar-refractivity contribution in [1.29, 1.82) is 0 Å². The number of benzene rings is 2. The largest absolute Gasteiger partial charge is 0.488 e. The summed E-state index contributed by atoms with van der Waals surface area (Å²) >= 11 is 0. The molecule has 1 saturated heterocycles. The maximum absolute atomic E-state index is 6.21. The van der Waals surface area contributed by atoms with Gasteiger partial charge in [-0.1, -0.05) is 36.4 Å². The summed E-state index contributed by atoms with van der Waals surface area (Å²) in [5.41, 5.74) is 5.51. The van der Waals surface area contributed by atoms with Crippen LogP contribution in [0.5, 0.6) is 5.75 Å². The normalized spacial score (nSPS) is 15.6. The van der Waals surface area contributed by atoms with Gasteiger partial charge in [-0.05, 0) is 42.3 Å². The Morgan fingerprint density at radius 2 is 1.97 bits per heavy atom. The van der Waals surface area contributed by atoms with Crippen LogP contribution in [0.4, 0.5) is 0 Å². The monoisotopic (exact) mass is 558 g/mol. The quantitative estimate of drug-likeness (QED) is 0.250. The van der Waals surface area contributed by atoms with Crippen LogP contribution in [-0.4, -0.2) is 37.3 Å². The van der Waals surface area contributed by atoms with Crippen LogP contribution in [0.3, 0.4) is 0 Å². The predicted molar refractivity (Wildman–Crippen MR) is 143 cm³/mol. The lowest BCUT2D eigenvalue weighted by Gasteiger charge is -2.18. The molecule has 1 unspecified atom stereocenters. The molecule has 2 aromatic carbocycles. The molecule has 3 aromatic rings. The predicted octanol–water partition coefficient (Wildman–Crippen LogP) is 4.71. The van der Waals surface area contributed by atoms with Gasteiger partial charge in [0.15, 0.2) is 5.96 Å². The molecule has 0 aliphatic carbocycles. The summed E-state index contributed by atoms with van der Waals surface area (Å²) in [5.74, 6) is 1.65. The van der Waals surface area contributed by atoms with Gasteiger partial charge in [0.1, 0.15) is 11.9 Å². The lowest BCUT2D eigenvalue weighted by atomic mass is 10.1. The van der Waals surface area contributed by atoms with Crippen LogP contribution in [0.1, 0.15) is 23.1 Å². The Morgan fingerprint density at radius 3 is 2.73 bits per heavy atom. The van der Waals surface area contributed by atoms with E-state index in [1.165, 1.54) is 5.56 Å². The van der Waals surface area contributed by atoms with Crippen molar-refractivity contribution in [2.45, 2.75) is 32.5 Å². The fraction of sp³-hybridized carbons (Fsp3) is 0.308. The molecule has 1 aliphatic heterocycles. The number of ether oxygens (including phenoxy) is 2. The number of hydrogen-bond donors (Lipinski definition) is 2. The van der Waals surface area contributed by atoms with Crippen molar-refractivity contribution < 1.29 is 9.47 Å². The van der Waals surface area contributed by atoms with Crippen LogP contribution in [0.2, 0.25) is 0 Å². The Hall–Kier alpha value is -2.65. The summed E-state index contributed by atoms with van der Waals surface area (Å²) in [5, 5.41) is 6.80. The third-order valence-corrected chi connectivity index (χ3v) is 5.42. The molecule has 1 aliphatic rings. The summed E-state index contributed by atoms with van der Waals surface area (Å²) in [6, 6.07) is 20.6. The molecule has 2 N–H and O–H groups in total. The molecule has 4 rings (SSSR count). The topological polar surface area (TPSA) is 67.8 Å². The van der Waals surface area contributed by atoms with E-state index in [1.807, 2.05) is 24.4 Å². The number of nitrogens with one attached hydrogen (secondary N) is 2. The zero-order valence-corrected chi connectivity index (χ0v) is 21.4. The fourth-order valence-corrected chi connectivity index (χ4v) is 3.66. The van der Waals surface area contributed by atoms with Gasteiger partial charge in [-0.25, -0.2) is 0 Å². The first-order chi connectivity index (χ1) is 15.7. The van der Waals surface area contributed by atoms with Crippen molar-refractivity contribution in [3.05, 3.63) is 83.6 Å². The minimum Gasteiger partial charge on any atom is -0.488 e. The van der Waals surface area contributed by atoms with Crippen molar-refractivity contribution in [1.82, 2.24) is 15.6 Å². The standard InChI is InChI=1S/C26H30N4O2.HI/c1-19-9-10-22(25(14-19)32-23-11-13-31-18-23)17-30-26(27-2)29-16-20-6-5-7-21(15-20)24-8-3-4-12-28-24;/h3-10,12,14-15,23H,11,13,16-18H2,1-2H3,(H2,27,29,30);1H. The van der Waals surface area contributed by atoms with E-state index in [0.29, 0.717) is 19.7 Å². The van der Waals surface area contributed by atoms with Gasteiger partial charge in [0, 0.05) is 43.9 Å². The van der Waals surface area contributed by atoms with Crippen molar-refractivity contribution in [3.8, 4) is 17.0 Å². The summed E-state index contributed by atoms with van der Waals surface area (Å²) < 4.78 is 11.7. The molecule has 6 nitrogen and oxygen atoms in total. The van der Waals surface area contributed by atoms with Gasteiger partial charge in [0.2, 0.25) is 0 Å². The number of aryl methyl sites for hydroxylation is 1.